The molecule has 0 spiro atoms. The molecule has 29 heteroatoms. The number of halogens is 4. The van der Waals surface area contributed by atoms with E-state index in [0.717, 1.165) is 72.5 Å². The zero-order valence-electron chi connectivity index (χ0n) is 60.2. The Labute approximate surface area is 604 Å². The average molecular weight is 1610 g/mol. The molecule has 551 valence electrons. The van der Waals surface area contributed by atoms with Crippen LogP contribution in [-0.2, 0) is 71.8 Å². The van der Waals surface area contributed by atoms with Gasteiger partial charge in [0.1, 0.15) is 18.3 Å². The Balaban J connectivity index is 1.45. The molecule has 0 aromatic heterocycles. The summed E-state index contributed by atoms with van der Waals surface area (Å²) < 4.78 is 43.5. The van der Waals surface area contributed by atoms with Crippen molar-refractivity contribution in [1.82, 2.24) is 60.0 Å². The molecule has 0 radical (unpaired) electrons. The third-order valence-corrected chi connectivity index (χ3v) is 26.8. The van der Waals surface area contributed by atoms with Crippen LogP contribution in [0, 0.1) is 17.8 Å². The Morgan fingerprint density at radius 2 is 1.38 bits per heavy atom. The number of rotatable bonds is 11. The summed E-state index contributed by atoms with van der Waals surface area (Å²) in [6, 6.07) is 0.376. The van der Waals surface area contributed by atoms with Crippen molar-refractivity contribution in [3.8, 4) is 0 Å². The van der Waals surface area contributed by atoms with Gasteiger partial charge in [-0.25, -0.2) is 0 Å². The predicted octanol–water partition coefficient (Wildman–Crippen LogP) is 3.72. The fourth-order valence-corrected chi connectivity index (χ4v) is 19.7. The number of benzene rings is 2. The number of aryl methyl sites for hydroxylation is 1. The van der Waals surface area contributed by atoms with Crippen molar-refractivity contribution in [1.29, 1.82) is 0 Å². The summed E-state index contributed by atoms with van der Waals surface area (Å²) in [5.74, 6) is -8.57. The number of nitrogens with zero attached hydrogens (tertiary/aromatic N) is 9. The molecule has 4 N–H and O–H groups in total. The quantitative estimate of drug-likeness (QED) is 0.185. The van der Waals surface area contributed by atoms with E-state index in [4.69, 9.17) is 11.6 Å². The van der Waals surface area contributed by atoms with E-state index >= 15 is 19.2 Å². The molecule has 3 aliphatic heterocycles. The van der Waals surface area contributed by atoms with Gasteiger partial charge in [0.15, 0.2) is 0 Å². The van der Waals surface area contributed by atoms with Crippen molar-refractivity contribution in [2.45, 2.75) is 189 Å². The Kier molecular flexibility index (Phi) is 30.8. The van der Waals surface area contributed by atoms with Gasteiger partial charge in [0, 0.05) is 41.3 Å². The molecule has 10 atom stereocenters. The topological polar surface area (TPSA) is 273 Å². The summed E-state index contributed by atoms with van der Waals surface area (Å²) >= 11 is 4.29. The number of carbonyl (C=O) groups is 11. The normalized spacial score (nSPS) is 26.0. The molecule has 11 amide bonds. The van der Waals surface area contributed by atoms with Crippen molar-refractivity contribution >= 4 is 104 Å². The van der Waals surface area contributed by atoms with Crippen LogP contribution in [0.4, 0.5) is 13.2 Å². The molecule has 3 fully saturated rings. The number of nitrogens with one attached hydrogen (secondary N) is 3. The first-order valence-corrected chi connectivity index (χ1v) is 40.7. The van der Waals surface area contributed by atoms with E-state index in [9.17, 15) is 51.8 Å². The number of hydrogen-bond acceptors (Lipinski definition) is 13. The van der Waals surface area contributed by atoms with E-state index in [1.165, 1.54) is 88.0 Å². The van der Waals surface area contributed by atoms with Crippen molar-refractivity contribution in [3.05, 3.63) is 76.8 Å². The Hall–Kier alpha value is -6.73. The van der Waals surface area contributed by atoms with Crippen molar-refractivity contribution in [3.63, 3.8) is 0 Å². The van der Waals surface area contributed by atoms with Gasteiger partial charge in [-0.3, -0.25) is 28.9 Å². The fourth-order valence-electron chi connectivity index (χ4n) is 13.8. The van der Waals surface area contributed by atoms with Gasteiger partial charge in [-0.15, -0.1) is 0 Å². The van der Waals surface area contributed by atoms with Crippen molar-refractivity contribution in [2.24, 2.45) is 17.8 Å². The van der Waals surface area contributed by atoms with Crippen LogP contribution in [0.2, 0.25) is 9.00 Å². The number of hydrogen-bond donors (Lipinski definition) is 4. The molecule has 3 heterocycles. The van der Waals surface area contributed by atoms with Gasteiger partial charge in [0.05, 0.1) is 25.6 Å². The SMILES string of the molecule is C=CC[C@H]1NC(=O)[C@@H]2Cc3cccc[c]3[Tl][CH2]CN2C(=O)[C@H](CCc2ccc(C(F)(F)F)c(Cl)c2)NC(=O)CN(C)C(=O)[C@H](CC2CCCCC2)N(C)C(=O)CN(C)C(=O)CN(C)C(O)[C@H]([C@@H](C)CC)NC(=O)[C@H](C)N(C)C(=O)C[C@@H](C(=O)N2CCCC2)N(C)C(=O)[C@H](C(C)C)N(C)C1=O. The van der Waals surface area contributed by atoms with Gasteiger partial charge in [-0.2, -0.15) is 13.2 Å². The molecule has 4 aliphatic rings. The summed E-state index contributed by atoms with van der Waals surface area (Å²) in [6.45, 7) is 11.5. The standard InChI is InChI=1S/C71H104ClF3N12O12.Tl/c1-15-26-52-65(94)85(14)62(44(4)5)70(99)84(13)56(68(97)86-35-24-25-36-86)40-58(89)82(11)46(7)63(92)78-61(45(6)16-2)69(98)81(10)42-59(90)79(8)43-60(91)83(12)55(39-48-29-22-19-23-30-48)67(96)80(9)41-57(88)76-53(34-32-49-31-33-50(51(72)37-49)71(73,74)75)66(95)87(17-3)54(64(93)77-52)38-47-27-20-18-21-28-47;/h15,18,20-21,27,31,33,37,44-46,48,52-56,61-62,69,98H,1,3,16-17,19,22-26,29-30,32,34-36,38-43H2,2,4-14H3,(H,76,88)(H,77,93)(H,78,92);/t45-,46-,52+,53-,54-,55-,56-,61-,62-,69?;/m0./s1. The third kappa shape index (κ3) is 21.4. The molecule has 1 saturated carbocycles. The van der Waals surface area contributed by atoms with Crippen LogP contribution in [-0.4, -0.2) is 282 Å². The fraction of sp³-hybridized carbons (Fsp3) is 0.648. The molecule has 1 aliphatic carbocycles. The van der Waals surface area contributed by atoms with Crippen LogP contribution in [0.1, 0.15) is 128 Å². The average Bonchev–Trinajstić information content (AvgIpc) is 0.996. The van der Waals surface area contributed by atoms with Crippen molar-refractivity contribution in [2.75, 3.05) is 88.6 Å². The first kappa shape index (κ1) is 82.2. The number of aliphatic hydroxyl groups is 1. The predicted molar refractivity (Wildman–Crippen MR) is 373 cm³/mol. The number of amides is 11. The zero-order chi connectivity index (χ0) is 74.2. The number of likely N-dealkylation sites (tertiary alicyclic amines) is 1. The van der Waals surface area contributed by atoms with E-state index in [2.05, 4.69) is 22.5 Å². The van der Waals surface area contributed by atoms with Crippen LogP contribution in [0.25, 0.3) is 0 Å². The molecule has 0 bridgehead atoms. The van der Waals surface area contributed by atoms with Crippen LogP contribution >= 0.6 is 11.6 Å². The first-order valence-electron chi connectivity index (χ1n) is 34.9. The van der Waals surface area contributed by atoms with Gasteiger partial charge in [0.25, 0.3) is 0 Å². The monoisotopic (exact) mass is 1610 g/mol. The second-order valence-corrected chi connectivity index (χ2v) is 34.6. The summed E-state index contributed by atoms with van der Waals surface area (Å²) in [6.07, 6.45) is 0.361. The van der Waals surface area contributed by atoms with E-state index in [-0.39, 0.29) is 50.1 Å². The van der Waals surface area contributed by atoms with E-state index in [0.29, 0.717) is 36.3 Å². The van der Waals surface area contributed by atoms with Gasteiger partial charge in [-0.05, 0) is 38.6 Å². The molecular weight excluding hydrogens is 1510 g/mol. The molecular formula is C71H104ClF3N12O12Tl. The summed E-state index contributed by atoms with van der Waals surface area (Å²) in [4.78, 5) is 174. The second kappa shape index (κ2) is 37.4. The van der Waals surface area contributed by atoms with Crippen LogP contribution in [0.3, 0.4) is 0 Å². The Bertz CT molecular complexity index is 3260. The van der Waals surface area contributed by atoms with Gasteiger partial charge < -0.3 is 25.1 Å². The molecule has 100 heavy (non-hydrogen) atoms. The molecule has 2 saturated heterocycles. The summed E-state index contributed by atoms with van der Waals surface area (Å²) in [5, 5.41) is 19.9. The van der Waals surface area contributed by atoms with Gasteiger partial charge >= 0.3 is 335 Å². The third-order valence-electron chi connectivity index (χ3n) is 20.5. The van der Waals surface area contributed by atoms with Crippen LogP contribution in [0.15, 0.2) is 55.1 Å². The van der Waals surface area contributed by atoms with Crippen molar-refractivity contribution < 1.29 is 71.0 Å². The zero-order valence-corrected chi connectivity index (χ0v) is 65.4. The number of likely N-dealkylation sites (N-methyl/N-ethyl adjacent to an activating group) is 7. The Morgan fingerprint density at radius 1 is 0.720 bits per heavy atom. The van der Waals surface area contributed by atoms with E-state index < -0.39 is 198 Å². The minimum absolute atomic E-state index is 0.0143. The summed E-state index contributed by atoms with van der Waals surface area (Å²) in [5.41, 5.74) is -0.00825. The molecule has 24 nitrogen and oxygen atoms in total. The van der Waals surface area contributed by atoms with E-state index in [1.807, 2.05) is 31.2 Å². The number of fused-ring (bicyclic) bond motifs is 2. The molecule has 1 unspecified atom stereocenters. The maximum atomic E-state index is 15.7. The molecule has 2 aromatic rings. The number of aliphatic hydroxyl groups excluding tert-OH is 1. The maximum absolute atomic E-state index is 15.7. The summed E-state index contributed by atoms with van der Waals surface area (Å²) in [7, 11) is 9.82. The van der Waals surface area contributed by atoms with Gasteiger partial charge in [0.2, 0.25) is 29.5 Å². The minimum atomic E-state index is -4.78. The first-order chi connectivity index (χ1) is 47.1. The molecule has 2 aromatic carbocycles. The van der Waals surface area contributed by atoms with Gasteiger partial charge in [-0.1, -0.05) is 52.4 Å². The Morgan fingerprint density at radius 3 is 2.00 bits per heavy atom. The number of carbonyl (C=O) groups excluding carboxylic acids is 11. The van der Waals surface area contributed by atoms with Crippen LogP contribution in [0.5, 0.6) is 0 Å². The molecule has 6 rings (SSSR count). The van der Waals surface area contributed by atoms with Crippen LogP contribution < -0.4 is 19.1 Å². The second-order valence-electron chi connectivity index (χ2n) is 28.0. The number of alkyl halides is 3. The van der Waals surface area contributed by atoms with E-state index in [1.54, 1.807) is 25.7 Å².